The second-order valence-electron chi connectivity index (χ2n) is 11.5. The Balaban J connectivity index is 0.990. The van der Waals surface area contributed by atoms with Gasteiger partial charge in [-0.25, -0.2) is 0 Å². The van der Waals surface area contributed by atoms with Crippen molar-refractivity contribution in [2.75, 3.05) is 23.2 Å². The van der Waals surface area contributed by atoms with E-state index in [1.54, 1.807) is 74.5 Å². The summed E-state index contributed by atoms with van der Waals surface area (Å²) < 4.78 is 75.3. The standard InChI is InChI=1S/C36H30N4O10S2/c1-23-33(35(41)39(37-23)27-7-15-31(16-8-27)51(43,44)45)21-25-3-11-29(12-4-25)49-19-20-50-30-13-5-26(6-14-30)22-34-24(2)38-40(36(34)42)28-9-17-32(18-10-28)52(46,47)48/h3-18,21-22H,19-20H2,1-2H3,(H,43,44,45)(H,46,47,48)/b33-21-,34-22+. The summed E-state index contributed by atoms with van der Waals surface area (Å²) in [6, 6.07) is 24.5. The van der Waals surface area contributed by atoms with E-state index in [-0.39, 0.29) is 34.8 Å². The minimum absolute atomic E-state index is 0.257. The molecule has 0 bridgehead atoms. The molecule has 0 radical (unpaired) electrons. The molecule has 0 aromatic heterocycles. The van der Waals surface area contributed by atoms with E-state index in [9.17, 15) is 35.5 Å². The van der Waals surface area contributed by atoms with Gasteiger partial charge in [-0.15, -0.1) is 0 Å². The molecule has 2 aliphatic rings. The van der Waals surface area contributed by atoms with E-state index in [1.165, 1.54) is 58.5 Å². The largest absolute Gasteiger partial charge is 0.490 e. The molecule has 52 heavy (non-hydrogen) atoms. The van der Waals surface area contributed by atoms with Gasteiger partial charge in [0.25, 0.3) is 32.1 Å². The predicted molar refractivity (Wildman–Crippen MR) is 194 cm³/mol. The molecule has 266 valence electrons. The Kier molecular flexibility index (Phi) is 9.90. The molecule has 2 aliphatic heterocycles. The Morgan fingerprint density at radius 3 is 1.19 bits per heavy atom. The van der Waals surface area contributed by atoms with Gasteiger partial charge in [0, 0.05) is 0 Å². The van der Waals surface area contributed by atoms with Crippen molar-refractivity contribution in [1.82, 2.24) is 0 Å². The van der Waals surface area contributed by atoms with Crippen molar-refractivity contribution in [2.24, 2.45) is 10.2 Å². The Hall–Kier alpha value is -5.94. The van der Waals surface area contributed by atoms with Crippen molar-refractivity contribution >= 4 is 67.0 Å². The zero-order valence-corrected chi connectivity index (χ0v) is 29.2. The van der Waals surface area contributed by atoms with Gasteiger partial charge < -0.3 is 9.47 Å². The average Bonchev–Trinajstić information content (AvgIpc) is 3.56. The number of amides is 2. The van der Waals surface area contributed by atoms with Gasteiger partial charge in [0.15, 0.2) is 0 Å². The SMILES string of the molecule is CC1=NN(c2ccc(S(=O)(=O)O)cc2)C(=O)/C1=C\c1ccc(OCCOc2ccc(/C=C3/C(=O)N(c4ccc(S(=O)(=O)O)cc4)N=C3C)cc2)cc1. The molecule has 2 amide bonds. The zero-order valence-electron chi connectivity index (χ0n) is 27.6. The fraction of sp³-hybridized carbons (Fsp3) is 0.111. The third-order valence-electron chi connectivity index (χ3n) is 7.89. The number of hydrogen-bond donors (Lipinski definition) is 2. The monoisotopic (exact) mass is 742 g/mol. The van der Waals surface area contributed by atoms with E-state index in [1.807, 2.05) is 0 Å². The molecule has 6 rings (SSSR count). The smallest absolute Gasteiger partial charge is 0.294 e. The number of benzene rings is 4. The lowest BCUT2D eigenvalue weighted by Gasteiger charge is -2.12. The van der Waals surface area contributed by atoms with Crippen LogP contribution in [0.15, 0.2) is 128 Å². The van der Waals surface area contributed by atoms with Crippen LogP contribution in [0.5, 0.6) is 11.5 Å². The first kappa shape index (κ1) is 35.9. The highest BCUT2D eigenvalue weighted by atomic mass is 32.2. The number of carbonyl (C=O) groups is 2. The molecule has 2 heterocycles. The molecule has 0 saturated carbocycles. The summed E-state index contributed by atoms with van der Waals surface area (Å²) in [6.07, 6.45) is 3.39. The molecule has 0 atom stereocenters. The number of hydrazone groups is 2. The van der Waals surface area contributed by atoms with Crippen LogP contribution in [-0.2, 0) is 29.8 Å². The van der Waals surface area contributed by atoms with Gasteiger partial charge in [-0.2, -0.15) is 37.1 Å². The van der Waals surface area contributed by atoms with Crippen LogP contribution in [-0.4, -0.2) is 62.4 Å². The van der Waals surface area contributed by atoms with Crippen molar-refractivity contribution in [2.45, 2.75) is 23.6 Å². The predicted octanol–water partition coefficient (Wildman–Crippen LogP) is 5.25. The van der Waals surface area contributed by atoms with Gasteiger partial charge in [0.05, 0.1) is 43.7 Å². The molecule has 0 spiro atoms. The maximum atomic E-state index is 13.1. The number of carbonyl (C=O) groups excluding carboxylic acids is 2. The van der Waals surface area contributed by atoms with Crippen LogP contribution in [0.1, 0.15) is 25.0 Å². The maximum Gasteiger partial charge on any atom is 0.294 e. The normalized spacial score (nSPS) is 16.5. The molecule has 2 N–H and O–H groups in total. The summed E-state index contributed by atoms with van der Waals surface area (Å²) in [6.45, 7) is 3.90. The first-order valence-corrected chi connectivity index (χ1v) is 18.4. The zero-order chi connectivity index (χ0) is 37.2. The quantitative estimate of drug-likeness (QED) is 0.117. The summed E-state index contributed by atoms with van der Waals surface area (Å²) in [5.41, 5.74) is 3.89. The minimum atomic E-state index is -4.36. The average molecular weight is 743 g/mol. The Labute approximate surface area is 299 Å². The van der Waals surface area contributed by atoms with Crippen molar-refractivity contribution in [3.05, 3.63) is 119 Å². The summed E-state index contributed by atoms with van der Waals surface area (Å²) >= 11 is 0. The first-order chi connectivity index (χ1) is 24.7. The molecular formula is C36H30N4O10S2. The van der Waals surface area contributed by atoms with E-state index in [4.69, 9.17) is 9.47 Å². The molecule has 0 aliphatic carbocycles. The van der Waals surface area contributed by atoms with Gasteiger partial charge >= 0.3 is 0 Å². The van der Waals surface area contributed by atoms with E-state index < -0.39 is 20.2 Å². The highest BCUT2D eigenvalue weighted by Crippen LogP contribution is 2.28. The molecule has 14 nitrogen and oxygen atoms in total. The lowest BCUT2D eigenvalue weighted by Crippen LogP contribution is -2.21. The van der Waals surface area contributed by atoms with Crippen molar-refractivity contribution in [3.8, 4) is 11.5 Å². The van der Waals surface area contributed by atoms with Crippen molar-refractivity contribution < 1.29 is 45.0 Å². The van der Waals surface area contributed by atoms with Gasteiger partial charge in [-0.05, 0) is 110 Å². The van der Waals surface area contributed by atoms with Crippen molar-refractivity contribution in [1.29, 1.82) is 0 Å². The van der Waals surface area contributed by atoms with Crippen LogP contribution in [0.4, 0.5) is 11.4 Å². The topological polar surface area (TPSA) is 193 Å². The molecule has 0 unspecified atom stereocenters. The molecule has 4 aromatic carbocycles. The van der Waals surface area contributed by atoms with Crippen LogP contribution in [0, 0.1) is 0 Å². The van der Waals surface area contributed by atoms with Crippen LogP contribution < -0.4 is 19.5 Å². The maximum absolute atomic E-state index is 13.1. The lowest BCUT2D eigenvalue weighted by atomic mass is 10.1. The van der Waals surface area contributed by atoms with Crippen LogP contribution >= 0.6 is 0 Å². The van der Waals surface area contributed by atoms with E-state index >= 15 is 0 Å². The highest BCUT2D eigenvalue weighted by Gasteiger charge is 2.30. The third kappa shape index (κ3) is 8.00. The third-order valence-corrected chi connectivity index (χ3v) is 9.62. The van der Waals surface area contributed by atoms with Crippen molar-refractivity contribution in [3.63, 3.8) is 0 Å². The Morgan fingerprint density at radius 2 is 0.885 bits per heavy atom. The molecule has 0 fully saturated rings. The van der Waals surface area contributed by atoms with Gasteiger partial charge in [-0.3, -0.25) is 18.7 Å². The number of ether oxygens (including phenoxy) is 2. The molecular weight excluding hydrogens is 713 g/mol. The summed E-state index contributed by atoms with van der Waals surface area (Å²) in [7, 11) is -8.72. The first-order valence-electron chi connectivity index (χ1n) is 15.5. The molecule has 0 saturated heterocycles. The Morgan fingerprint density at radius 1 is 0.558 bits per heavy atom. The second kappa shape index (κ2) is 14.4. The van der Waals surface area contributed by atoms with Gasteiger partial charge in [0.1, 0.15) is 24.7 Å². The summed E-state index contributed by atoms with van der Waals surface area (Å²) in [4.78, 5) is 25.6. The fourth-order valence-electron chi connectivity index (χ4n) is 5.21. The number of nitrogens with zero attached hydrogens (tertiary/aromatic N) is 4. The summed E-state index contributed by atoms with van der Waals surface area (Å²) in [5, 5.41) is 10.9. The number of anilines is 2. The fourth-order valence-corrected chi connectivity index (χ4v) is 6.17. The minimum Gasteiger partial charge on any atom is -0.490 e. The number of hydrogen-bond acceptors (Lipinski definition) is 10. The van der Waals surface area contributed by atoms with E-state index in [0.717, 1.165) is 11.1 Å². The van der Waals surface area contributed by atoms with Crippen LogP contribution in [0.25, 0.3) is 12.2 Å². The molecule has 4 aromatic rings. The van der Waals surface area contributed by atoms with Crippen LogP contribution in [0.3, 0.4) is 0 Å². The van der Waals surface area contributed by atoms with Gasteiger partial charge in [-0.1, -0.05) is 24.3 Å². The highest BCUT2D eigenvalue weighted by molar-refractivity contribution is 7.86. The van der Waals surface area contributed by atoms with Crippen LogP contribution in [0.2, 0.25) is 0 Å². The van der Waals surface area contributed by atoms with E-state index in [0.29, 0.717) is 45.4 Å². The van der Waals surface area contributed by atoms with E-state index in [2.05, 4.69) is 10.2 Å². The van der Waals surface area contributed by atoms with Gasteiger partial charge in [0.2, 0.25) is 0 Å². The summed E-state index contributed by atoms with van der Waals surface area (Å²) in [5.74, 6) is 0.424. The second-order valence-corrected chi connectivity index (χ2v) is 14.3. The Bertz CT molecular complexity index is 2220. The molecule has 16 heteroatoms. The lowest BCUT2D eigenvalue weighted by molar-refractivity contribution is -0.115. The number of rotatable bonds is 11.